The van der Waals surface area contributed by atoms with Crippen molar-refractivity contribution in [3.8, 4) is 0 Å². The minimum atomic E-state index is -0.431. The number of hydrogen-bond donors (Lipinski definition) is 1. The Morgan fingerprint density at radius 3 is 2.83 bits per heavy atom. The van der Waals surface area contributed by atoms with Crippen LogP contribution in [-0.4, -0.2) is 74.1 Å². The van der Waals surface area contributed by atoms with Crippen molar-refractivity contribution in [3.63, 3.8) is 0 Å². The Morgan fingerprint density at radius 2 is 2.00 bits per heavy atom. The van der Waals surface area contributed by atoms with Crippen LogP contribution in [0.3, 0.4) is 0 Å². The normalized spacial score (nSPS) is 25.0. The summed E-state index contributed by atoms with van der Waals surface area (Å²) in [5.41, 5.74) is 1.79. The van der Waals surface area contributed by atoms with Crippen molar-refractivity contribution in [2.75, 3.05) is 26.2 Å². The van der Waals surface area contributed by atoms with Gasteiger partial charge in [-0.3, -0.25) is 9.69 Å². The van der Waals surface area contributed by atoms with Crippen LogP contribution < -0.4 is 0 Å². The van der Waals surface area contributed by atoms with Gasteiger partial charge >= 0.3 is 0 Å². The average molecular weight is 329 g/mol. The predicted molar refractivity (Wildman–Crippen MR) is 89.3 cm³/mol. The summed E-state index contributed by atoms with van der Waals surface area (Å²) in [6, 6.07) is 7.85. The SMILES string of the molecule is O=C(CCn1nnc2ccccc21)N1C[C@@H](O)[C@H](N2CCCC2)C1. The number of carbonyl (C=O) groups excluding carboxylic acids is 1. The monoisotopic (exact) mass is 329 g/mol. The molecule has 2 atom stereocenters. The quantitative estimate of drug-likeness (QED) is 0.884. The third-order valence-electron chi connectivity index (χ3n) is 5.18. The van der Waals surface area contributed by atoms with Crippen LogP contribution in [0, 0.1) is 0 Å². The average Bonchev–Trinajstić information content (AvgIpc) is 3.32. The van der Waals surface area contributed by atoms with E-state index in [2.05, 4.69) is 15.2 Å². The van der Waals surface area contributed by atoms with Gasteiger partial charge in [0.2, 0.25) is 5.91 Å². The zero-order chi connectivity index (χ0) is 16.5. The number of aromatic nitrogens is 3. The zero-order valence-electron chi connectivity index (χ0n) is 13.7. The number of nitrogens with zero attached hydrogens (tertiary/aromatic N) is 5. The largest absolute Gasteiger partial charge is 0.390 e. The van der Waals surface area contributed by atoms with Gasteiger partial charge in [0.15, 0.2) is 0 Å². The highest BCUT2D eigenvalue weighted by Gasteiger charge is 2.38. The van der Waals surface area contributed by atoms with Crippen LogP contribution in [0.4, 0.5) is 0 Å². The molecule has 2 fully saturated rings. The van der Waals surface area contributed by atoms with Crippen molar-refractivity contribution in [1.82, 2.24) is 24.8 Å². The van der Waals surface area contributed by atoms with Crippen molar-refractivity contribution in [1.29, 1.82) is 0 Å². The molecular formula is C17H23N5O2. The maximum absolute atomic E-state index is 12.5. The summed E-state index contributed by atoms with van der Waals surface area (Å²) in [6.45, 7) is 3.67. The summed E-state index contributed by atoms with van der Waals surface area (Å²) in [5, 5.41) is 18.5. The van der Waals surface area contributed by atoms with Crippen molar-refractivity contribution in [2.45, 2.75) is 38.0 Å². The van der Waals surface area contributed by atoms with Gasteiger partial charge in [0, 0.05) is 19.5 Å². The Balaban J connectivity index is 1.36. The number of aliphatic hydroxyl groups excluding tert-OH is 1. The van der Waals surface area contributed by atoms with Crippen LogP contribution >= 0.6 is 0 Å². The van der Waals surface area contributed by atoms with Gasteiger partial charge in [-0.15, -0.1) is 5.10 Å². The molecule has 2 aromatic rings. The summed E-state index contributed by atoms with van der Waals surface area (Å²) in [4.78, 5) is 16.6. The summed E-state index contributed by atoms with van der Waals surface area (Å²) in [7, 11) is 0. The highest BCUT2D eigenvalue weighted by atomic mass is 16.3. The molecule has 0 unspecified atom stereocenters. The topological polar surface area (TPSA) is 74.5 Å². The fraction of sp³-hybridized carbons (Fsp3) is 0.588. The molecule has 4 rings (SSSR count). The number of carbonyl (C=O) groups is 1. The highest BCUT2D eigenvalue weighted by Crippen LogP contribution is 2.21. The number of fused-ring (bicyclic) bond motifs is 1. The van der Waals surface area contributed by atoms with Gasteiger partial charge in [0.05, 0.1) is 24.2 Å². The first-order chi connectivity index (χ1) is 11.7. The lowest BCUT2D eigenvalue weighted by Gasteiger charge is -2.25. The van der Waals surface area contributed by atoms with Gasteiger partial charge in [0.25, 0.3) is 0 Å². The van der Waals surface area contributed by atoms with Crippen LogP contribution in [0.1, 0.15) is 19.3 Å². The van der Waals surface area contributed by atoms with E-state index in [-0.39, 0.29) is 11.9 Å². The second-order valence-corrected chi connectivity index (χ2v) is 6.73. The molecule has 3 heterocycles. The second-order valence-electron chi connectivity index (χ2n) is 6.73. The number of aliphatic hydroxyl groups is 1. The smallest absolute Gasteiger partial charge is 0.224 e. The Hall–Kier alpha value is -1.99. The summed E-state index contributed by atoms with van der Waals surface area (Å²) in [6.07, 6.45) is 2.33. The van der Waals surface area contributed by atoms with Crippen LogP contribution in [0.25, 0.3) is 11.0 Å². The summed E-state index contributed by atoms with van der Waals surface area (Å²) in [5.74, 6) is 0.0790. The summed E-state index contributed by atoms with van der Waals surface area (Å²) >= 11 is 0. The number of likely N-dealkylation sites (tertiary alicyclic amines) is 2. The van der Waals surface area contributed by atoms with E-state index in [0.29, 0.717) is 26.1 Å². The van der Waals surface area contributed by atoms with E-state index < -0.39 is 6.10 Å². The molecule has 0 radical (unpaired) electrons. The standard InChI is InChI=1S/C17H23N5O2/c23-16-12-21(11-15(16)20-8-3-4-9-20)17(24)7-10-22-14-6-2-1-5-13(14)18-19-22/h1-2,5-6,15-16,23H,3-4,7-12H2/t15-,16-/m1/s1. The predicted octanol–water partition coefficient (Wildman–Crippen LogP) is 0.489. The number of hydrogen-bond acceptors (Lipinski definition) is 5. The van der Waals surface area contributed by atoms with Gasteiger partial charge in [0.1, 0.15) is 5.52 Å². The Morgan fingerprint density at radius 1 is 1.21 bits per heavy atom. The molecule has 0 spiro atoms. The number of β-amino-alcohol motifs (C(OH)–C–C–N with tert-alkyl or cyclic N) is 1. The lowest BCUT2D eigenvalue weighted by Crippen LogP contribution is -2.41. The maximum Gasteiger partial charge on any atom is 0.224 e. The highest BCUT2D eigenvalue weighted by molar-refractivity contribution is 5.77. The van der Waals surface area contributed by atoms with E-state index in [0.717, 1.165) is 24.1 Å². The molecule has 2 aliphatic heterocycles. The van der Waals surface area contributed by atoms with Crippen LogP contribution in [0.5, 0.6) is 0 Å². The molecule has 1 aromatic heterocycles. The molecule has 7 heteroatoms. The van der Waals surface area contributed by atoms with Crippen LogP contribution in [-0.2, 0) is 11.3 Å². The minimum Gasteiger partial charge on any atom is -0.390 e. The number of aryl methyl sites for hydroxylation is 1. The molecule has 24 heavy (non-hydrogen) atoms. The Bertz CT molecular complexity index is 725. The fourth-order valence-electron chi connectivity index (χ4n) is 3.85. The molecule has 2 aliphatic rings. The van der Waals surface area contributed by atoms with Crippen molar-refractivity contribution >= 4 is 16.9 Å². The van der Waals surface area contributed by atoms with Gasteiger partial charge < -0.3 is 10.0 Å². The molecule has 7 nitrogen and oxygen atoms in total. The van der Waals surface area contributed by atoms with Gasteiger partial charge in [-0.25, -0.2) is 4.68 Å². The number of benzene rings is 1. The zero-order valence-corrected chi connectivity index (χ0v) is 13.7. The second kappa shape index (κ2) is 6.49. The molecule has 0 aliphatic carbocycles. The first kappa shape index (κ1) is 15.5. The van der Waals surface area contributed by atoms with Crippen molar-refractivity contribution in [3.05, 3.63) is 24.3 Å². The maximum atomic E-state index is 12.5. The first-order valence-electron chi connectivity index (χ1n) is 8.70. The van der Waals surface area contributed by atoms with E-state index in [9.17, 15) is 9.90 Å². The lowest BCUT2D eigenvalue weighted by atomic mass is 10.2. The first-order valence-corrected chi connectivity index (χ1v) is 8.70. The number of amides is 1. The molecular weight excluding hydrogens is 306 g/mol. The van der Waals surface area contributed by atoms with Crippen LogP contribution in [0.15, 0.2) is 24.3 Å². The third-order valence-corrected chi connectivity index (χ3v) is 5.18. The van der Waals surface area contributed by atoms with E-state index >= 15 is 0 Å². The number of rotatable bonds is 4. The molecule has 1 amide bonds. The fourth-order valence-corrected chi connectivity index (χ4v) is 3.85. The van der Waals surface area contributed by atoms with E-state index in [4.69, 9.17) is 0 Å². The number of para-hydroxylation sites is 1. The van der Waals surface area contributed by atoms with Crippen molar-refractivity contribution in [2.24, 2.45) is 0 Å². The Kier molecular flexibility index (Phi) is 4.20. The summed E-state index contributed by atoms with van der Waals surface area (Å²) < 4.78 is 1.78. The molecule has 2 saturated heterocycles. The van der Waals surface area contributed by atoms with Crippen LogP contribution in [0.2, 0.25) is 0 Å². The van der Waals surface area contributed by atoms with Crippen molar-refractivity contribution < 1.29 is 9.90 Å². The third kappa shape index (κ3) is 2.89. The van der Waals surface area contributed by atoms with E-state index in [1.165, 1.54) is 12.8 Å². The minimum absolute atomic E-state index is 0.0790. The molecule has 0 saturated carbocycles. The van der Waals surface area contributed by atoms with E-state index in [1.54, 1.807) is 9.58 Å². The van der Waals surface area contributed by atoms with Gasteiger partial charge in [-0.1, -0.05) is 17.3 Å². The van der Waals surface area contributed by atoms with E-state index in [1.807, 2.05) is 24.3 Å². The van der Waals surface area contributed by atoms with Gasteiger partial charge in [-0.05, 0) is 38.1 Å². The lowest BCUT2D eigenvalue weighted by molar-refractivity contribution is -0.130. The molecule has 1 aromatic carbocycles. The van der Waals surface area contributed by atoms with Gasteiger partial charge in [-0.2, -0.15) is 0 Å². The Labute approximate surface area is 140 Å². The molecule has 0 bridgehead atoms. The molecule has 128 valence electrons. The molecule has 1 N–H and O–H groups in total.